The minimum absolute atomic E-state index is 0.635. The molecule has 1 fully saturated rings. The minimum atomic E-state index is 0.635. The summed E-state index contributed by atoms with van der Waals surface area (Å²) in [6.45, 7) is 8.66. The Labute approximate surface area is 128 Å². The van der Waals surface area contributed by atoms with E-state index in [2.05, 4.69) is 41.4 Å². The third kappa shape index (κ3) is 3.85. The van der Waals surface area contributed by atoms with Gasteiger partial charge < -0.3 is 10.1 Å². The molecule has 1 N–H and O–H groups in total. The summed E-state index contributed by atoms with van der Waals surface area (Å²) in [5.74, 6) is 0.635. The highest BCUT2D eigenvalue weighted by molar-refractivity contribution is 5.29. The fraction of sp³-hybridized carbons (Fsp3) is 0.667. The smallest absolute Gasteiger partial charge is 0.0521 e. The molecule has 3 nitrogen and oxygen atoms in total. The van der Waals surface area contributed by atoms with Gasteiger partial charge in [-0.15, -0.1) is 0 Å². The molecule has 0 amide bonds. The van der Waals surface area contributed by atoms with Crippen LogP contribution in [0.4, 0.5) is 0 Å². The van der Waals surface area contributed by atoms with E-state index >= 15 is 0 Å². The zero-order valence-corrected chi connectivity index (χ0v) is 13.2. The highest BCUT2D eigenvalue weighted by Gasteiger charge is 2.28. The van der Waals surface area contributed by atoms with Crippen molar-refractivity contribution < 1.29 is 4.74 Å². The fourth-order valence-corrected chi connectivity index (χ4v) is 3.62. The number of fused-ring (bicyclic) bond motifs is 1. The number of nitrogens with zero attached hydrogens (tertiary/aromatic N) is 1. The van der Waals surface area contributed by atoms with E-state index < -0.39 is 0 Å². The molecule has 1 aromatic carbocycles. The summed E-state index contributed by atoms with van der Waals surface area (Å²) in [4.78, 5) is 2.61. The van der Waals surface area contributed by atoms with Crippen molar-refractivity contribution in [2.75, 3.05) is 32.8 Å². The minimum Gasteiger partial charge on any atom is -0.381 e. The van der Waals surface area contributed by atoms with Gasteiger partial charge in [-0.05, 0) is 36.9 Å². The molecule has 2 heterocycles. The first kappa shape index (κ1) is 15.0. The van der Waals surface area contributed by atoms with Crippen LogP contribution < -0.4 is 5.32 Å². The molecular formula is C18H28N2O. The van der Waals surface area contributed by atoms with Crippen LogP contribution in [-0.4, -0.2) is 43.8 Å². The summed E-state index contributed by atoms with van der Waals surface area (Å²) in [7, 11) is 0. The molecule has 2 aliphatic rings. The lowest BCUT2D eigenvalue weighted by Crippen LogP contribution is -2.48. The van der Waals surface area contributed by atoms with Crippen LogP contribution in [0.2, 0.25) is 0 Å². The van der Waals surface area contributed by atoms with E-state index in [1.165, 1.54) is 30.5 Å². The first-order valence-electron chi connectivity index (χ1n) is 8.47. The second-order valence-corrected chi connectivity index (χ2v) is 6.44. The van der Waals surface area contributed by atoms with E-state index in [-0.39, 0.29) is 0 Å². The molecule has 0 radical (unpaired) electrons. The SMILES string of the molecule is CCCNC1CCOCC1CN1CCc2ccccc2C1. The van der Waals surface area contributed by atoms with Gasteiger partial charge in [-0.3, -0.25) is 4.90 Å². The second kappa shape index (κ2) is 7.39. The van der Waals surface area contributed by atoms with Crippen LogP contribution in [0, 0.1) is 5.92 Å². The van der Waals surface area contributed by atoms with Gasteiger partial charge in [0.25, 0.3) is 0 Å². The Balaban J connectivity index is 1.58. The molecule has 0 bridgehead atoms. The first-order valence-corrected chi connectivity index (χ1v) is 8.47. The molecular weight excluding hydrogens is 260 g/mol. The monoisotopic (exact) mass is 288 g/mol. The van der Waals surface area contributed by atoms with Gasteiger partial charge in [0, 0.05) is 38.2 Å². The third-order valence-corrected chi connectivity index (χ3v) is 4.83. The van der Waals surface area contributed by atoms with Crippen molar-refractivity contribution in [3.63, 3.8) is 0 Å². The van der Waals surface area contributed by atoms with Crippen LogP contribution in [0.15, 0.2) is 24.3 Å². The summed E-state index contributed by atoms with van der Waals surface area (Å²) in [6, 6.07) is 9.52. The molecule has 3 heteroatoms. The number of rotatable bonds is 5. The van der Waals surface area contributed by atoms with Gasteiger partial charge in [-0.25, -0.2) is 0 Å². The highest BCUT2D eigenvalue weighted by Crippen LogP contribution is 2.22. The number of ether oxygens (including phenoxy) is 1. The molecule has 0 aromatic heterocycles. The zero-order chi connectivity index (χ0) is 14.5. The van der Waals surface area contributed by atoms with Crippen molar-refractivity contribution in [3.8, 4) is 0 Å². The molecule has 0 aliphatic carbocycles. The molecule has 0 saturated carbocycles. The number of hydrogen-bond acceptors (Lipinski definition) is 3. The van der Waals surface area contributed by atoms with Gasteiger partial charge >= 0.3 is 0 Å². The molecule has 116 valence electrons. The standard InChI is InChI=1S/C18H28N2O/c1-2-9-19-18-8-11-21-14-17(18)13-20-10-7-15-5-3-4-6-16(15)12-20/h3-6,17-19H,2,7-14H2,1H3. The van der Waals surface area contributed by atoms with E-state index in [9.17, 15) is 0 Å². The van der Waals surface area contributed by atoms with Crippen LogP contribution in [0.3, 0.4) is 0 Å². The van der Waals surface area contributed by atoms with E-state index in [0.29, 0.717) is 12.0 Å². The average molecular weight is 288 g/mol. The summed E-state index contributed by atoms with van der Waals surface area (Å²) in [5, 5.41) is 3.72. The van der Waals surface area contributed by atoms with Crippen LogP contribution in [0.1, 0.15) is 30.9 Å². The van der Waals surface area contributed by atoms with Gasteiger partial charge in [0.05, 0.1) is 6.61 Å². The van der Waals surface area contributed by atoms with Crippen molar-refractivity contribution in [1.82, 2.24) is 10.2 Å². The Morgan fingerprint density at radius 2 is 2.14 bits per heavy atom. The molecule has 2 unspecified atom stereocenters. The van der Waals surface area contributed by atoms with E-state index in [4.69, 9.17) is 4.74 Å². The van der Waals surface area contributed by atoms with Crippen molar-refractivity contribution >= 4 is 0 Å². The summed E-state index contributed by atoms with van der Waals surface area (Å²) < 4.78 is 5.74. The first-order chi connectivity index (χ1) is 10.4. The molecule has 2 atom stereocenters. The fourth-order valence-electron chi connectivity index (χ4n) is 3.62. The molecule has 21 heavy (non-hydrogen) atoms. The van der Waals surface area contributed by atoms with Gasteiger partial charge in [-0.1, -0.05) is 31.2 Å². The summed E-state index contributed by atoms with van der Waals surface area (Å²) in [6.07, 6.45) is 3.56. The maximum absolute atomic E-state index is 5.74. The normalized spacial score (nSPS) is 26.5. The lowest BCUT2D eigenvalue weighted by atomic mass is 9.93. The number of nitrogens with one attached hydrogen (secondary N) is 1. The Kier molecular flexibility index (Phi) is 5.28. The summed E-state index contributed by atoms with van der Waals surface area (Å²) >= 11 is 0. The van der Waals surface area contributed by atoms with Crippen LogP contribution in [0.25, 0.3) is 0 Å². The lowest BCUT2D eigenvalue weighted by molar-refractivity contribution is 0.0147. The second-order valence-electron chi connectivity index (χ2n) is 6.44. The van der Waals surface area contributed by atoms with Crippen molar-refractivity contribution in [2.24, 2.45) is 5.92 Å². The van der Waals surface area contributed by atoms with E-state index in [1.54, 1.807) is 0 Å². The zero-order valence-electron chi connectivity index (χ0n) is 13.2. The predicted molar refractivity (Wildman–Crippen MR) is 86.4 cm³/mol. The van der Waals surface area contributed by atoms with Crippen molar-refractivity contribution in [2.45, 2.75) is 38.8 Å². The third-order valence-electron chi connectivity index (χ3n) is 4.83. The predicted octanol–water partition coefficient (Wildman–Crippen LogP) is 2.45. The van der Waals surface area contributed by atoms with E-state index in [1.807, 2.05) is 0 Å². The maximum atomic E-state index is 5.74. The molecule has 3 rings (SSSR count). The molecule has 2 aliphatic heterocycles. The van der Waals surface area contributed by atoms with E-state index in [0.717, 1.165) is 39.3 Å². The van der Waals surface area contributed by atoms with Crippen LogP contribution in [0.5, 0.6) is 0 Å². The molecule has 1 saturated heterocycles. The Bertz CT molecular complexity index is 449. The largest absolute Gasteiger partial charge is 0.381 e. The Morgan fingerprint density at radius 3 is 3.00 bits per heavy atom. The lowest BCUT2D eigenvalue weighted by Gasteiger charge is -2.37. The van der Waals surface area contributed by atoms with Crippen LogP contribution >= 0.6 is 0 Å². The molecule has 1 aromatic rings. The van der Waals surface area contributed by atoms with Crippen LogP contribution in [-0.2, 0) is 17.7 Å². The van der Waals surface area contributed by atoms with Gasteiger partial charge in [0.2, 0.25) is 0 Å². The number of benzene rings is 1. The Hall–Kier alpha value is -0.900. The van der Waals surface area contributed by atoms with Gasteiger partial charge in [0.1, 0.15) is 0 Å². The highest BCUT2D eigenvalue weighted by atomic mass is 16.5. The topological polar surface area (TPSA) is 24.5 Å². The van der Waals surface area contributed by atoms with Crippen molar-refractivity contribution in [3.05, 3.63) is 35.4 Å². The maximum Gasteiger partial charge on any atom is 0.0521 e. The Morgan fingerprint density at radius 1 is 1.29 bits per heavy atom. The quantitative estimate of drug-likeness (QED) is 0.901. The van der Waals surface area contributed by atoms with Gasteiger partial charge in [-0.2, -0.15) is 0 Å². The summed E-state index contributed by atoms with van der Waals surface area (Å²) in [5.41, 5.74) is 3.05. The van der Waals surface area contributed by atoms with Crippen molar-refractivity contribution in [1.29, 1.82) is 0 Å². The molecule has 0 spiro atoms. The number of hydrogen-bond donors (Lipinski definition) is 1. The average Bonchev–Trinajstić information content (AvgIpc) is 2.54. The van der Waals surface area contributed by atoms with Gasteiger partial charge in [0.15, 0.2) is 0 Å².